The summed E-state index contributed by atoms with van der Waals surface area (Å²) in [7, 11) is 0. The molecule has 3 unspecified atom stereocenters. The van der Waals surface area contributed by atoms with Crippen LogP contribution in [0.4, 0.5) is 5.69 Å². The molecule has 2 aliphatic rings. The second kappa shape index (κ2) is 12.8. The van der Waals surface area contributed by atoms with Crippen LogP contribution in [0.3, 0.4) is 0 Å². The van der Waals surface area contributed by atoms with Gasteiger partial charge in [0.1, 0.15) is 0 Å². The number of benzene rings is 1. The van der Waals surface area contributed by atoms with Gasteiger partial charge in [0.05, 0.1) is 0 Å². The first-order chi connectivity index (χ1) is 15.9. The minimum absolute atomic E-state index is 0.0833. The Morgan fingerprint density at radius 3 is 2.21 bits per heavy atom. The predicted molar refractivity (Wildman–Crippen MR) is 141 cm³/mol. The summed E-state index contributed by atoms with van der Waals surface area (Å²) in [6.07, 6.45) is 1.94. The largest absolute Gasteiger partial charge is 0.371 e. The van der Waals surface area contributed by atoms with E-state index in [0.717, 1.165) is 44.1 Å². The molecule has 2 saturated heterocycles. The molecule has 1 amide bonds. The van der Waals surface area contributed by atoms with Crippen LogP contribution in [0, 0.1) is 24.7 Å². The van der Waals surface area contributed by atoms with Gasteiger partial charge < -0.3 is 10.2 Å². The van der Waals surface area contributed by atoms with Gasteiger partial charge in [-0.2, -0.15) is 0 Å². The average Bonchev–Trinajstić information content (AvgIpc) is 3.15. The normalized spacial score (nSPS) is 20.6. The first kappa shape index (κ1) is 26.9. The maximum Gasteiger partial charge on any atom is 0.224 e. The Morgan fingerprint density at radius 2 is 1.67 bits per heavy atom. The zero-order valence-corrected chi connectivity index (χ0v) is 22.1. The lowest BCUT2D eigenvalue weighted by Crippen LogP contribution is -2.45. The van der Waals surface area contributed by atoms with Crippen LogP contribution in [0.15, 0.2) is 36.4 Å². The molecule has 1 N–H and O–H groups in total. The lowest BCUT2D eigenvalue weighted by atomic mass is 9.81. The maximum atomic E-state index is 12.2. The van der Waals surface area contributed by atoms with Crippen molar-refractivity contribution < 1.29 is 4.79 Å². The third-order valence-electron chi connectivity index (χ3n) is 6.65. The highest BCUT2D eigenvalue weighted by Crippen LogP contribution is 2.33. The molecule has 3 atom stereocenters. The van der Waals surface area contributed by atoms with E-state index in [1.807, 2.05) is 27.7 Å². The number of amides is 1. The summed E-state index contributed by atoms with van der Waals surface area (Å²) in [4.78, 5) is 19.3. The predicted octanol–water partition coefficient (Wildman–Crippen LogP) is 6.17. The molecule has 182 valence electrons. The minimum atomic E-state index is 0.0833. The van der Waals surface area contributed by atoms with E-state index in [4.69, 9.17) is 4.98 Å². The number of hydrogen-bond acceptors (Lipinski definition) is 3. The van der Waals surface area contributed by atoms with Gasteiger partial charge in [-0.15, -0.1) is 0 Å². The summed E-state index contributed by atoms with van der Waals surface area (Å²) in [5, 5.41) is 3.00. The van der Waals surface area contributed by atoms with E-state index in [9.17, 15) is 4.79 Å². The highest BCUT2D eigenvalue weighted by atomic mass is 16.2. The Bertz CT molecular complexity index is 871. The van der Waals surface area contributed by atoms with E-state index in [2.05, 4.69) is 74.3 Å². The Labute approximate surface area is 202 Å². The summed E-state index contributed by atoms with van der Waals surface area (Å²) >= 11 is 0. The van der Waals surface area contributed by atoms with Crippen molar-refractivity contribution >= 4 is 11.6 Å². The lowest BCUT2D eigenvalue weighted by molar-refractivity contribution is -0.123. The number of nitrogens with zero attached hydrogens (tertiary/aromatic N) is 2. The van der Waals surface area contributed by atoms with Crippen LogP contribution >= 0.6 is 0 Å². The van der Waals surface area contributed by atoms with E-state index < -0.39 is 0 Å². The molecule has 2 aliphatic heterocycles. The zero-order valence-electron chi connectivity index (χ0n) is 22.1. The minimum Gasteiger partial charge on any atom is -0.371 e. The molecule has 0 saturated carbocycles. The van der Waals surface area contributed by atoms with Crippen LogP contribution in [-0.4, -0.2) is 30.5 Å². The molecule has 4 heteroatoms. The van der Waals surface area contributed by atoms with Gasteiger partial charge in [0.2, 0.25) is 5.91 Å². The summed E-state index contributed by atoms with van der Waals surface area (Å²) in [5.41, 5.74) is 6.18. The fourth-order valence-corrected chi connectivity index (χ4v) is 4.89. The van der Waals surface area contributed by atoms with Crippen molar-refractivity contribution in [2.45, 2.75) is 74.1 Å². The third-order valence-corrected chi connectivity index (χ3v) is 6.65. The van der Waals surface area contributed by atoms with Crippen LogP contribution in [0.25, 0.3) is 0 Å². The zero-order chi connectivity index (χ0) is 24.5. The van der Waals surface area contributed by atoms with Gasteiger partial charge in [0.25, 0.3) is 0 Å². The van der Waals surface area contributed by atoms with Gasteiger partial charge in [0, 0.05) is 42.6 Å². The average molecular weight is 452 g/mol. The van der Waals surface area contributed by atoms with Gasteiger partial charge in [0.15, 0.2) is 0 Å². The molecular weight excluding hydrogens is 406 g/mol. The summed E-state index contributed by atoms with van der Waals surface area (Å²) in [6.45, 7) is 19.8. The summed E-state index contributed by atoms with van der Waals surface area (Å²) < 4.78 is 0. The highest BCUT2D eigenvalue weighted by molar-refractivity contribution is 5.82. The number of carbonyl (C=O) groups excluding carboxylic acids is 1. The van der Waals surface area contributed by atoms with Crippen molar-refractivity contribution in [3.05, 3.63) is 58.9 Å². The summed E-state index contributed by atoms with van der Waals surface area (Å²) in [5.74, 6) is 1.73. The molecular formula is C29H45N3O. The van der Waals surface area contributed by atoms with Crippen LogP contribution in [-0.2, 0) is 17.6 Å². The van der Waals surface area contributed by atoms with E-state index in [0.29, 0.717) is 5.92 Å². The van der Waals surface area contributed by atoms with Crippen molar-refractivity contribution in [3.63, 3.8) is 0 Å². The Kier molecular flexibility index (Phi) is 10.4. The van der Waals surface area contributed by atoms with Gasteiger partial charge in [-0.25, -0.2) is 0 Å². The molecule has 2 fully saturated rings. The molecule has 2 aromatic rings. The molecule has 4 rings (SSSR count). The van der Waals surface area contributed by atoms with Crippen LogP contribution in [0.2, 0.25) is 0 Å². The number of aryl methyl sites for hydroxylation is 3. The first-order valence-electron chi connectivity index (χ1n) is 13.0. The van der Waals surface area contributed by atoms with Gasteiger partial charge in [-0.3, -0.25) is 9.78 Å². The third kappa shape index (κ3) is 6.82. The molecule has 0 bridgehead atoms. The van der Waals surface area contributed by atoms with Crippen molar-refractivity contribution in [2.24, 2.45) is 17.8 Å². The second-order valence-electron chi connectivity index (χ2n) is 9.25. The van der Waals surface area contributed by atoms with Gasteiger partial charge >= 0.3 is 0 Å². The highest BCUT2D eigenvalue weighted by Gasteiger charge is 2.36. The lowest BCUT2D eigenvalue weighted by Gasteiger charge is -2.39. The number of nitrogens with one attached hydrogen (secondary N) is 1. The van der Waals surface area contributed by atoms with Crippen molar-refractivity contribution in [1.29, 1.82) is 0 Å². The monoisotopic (exact) mass is 451 g/mol. The standard InChI is InChI=1S/C25H33N3O.2C2H6/c1-16-14-28(15-16)23-11-18(3)27-22(12-23)10-7-20-5-8-21(9-6-20)19(4)24-17(2)13-26-25(24)29;2*1-2/h5-6,8-9,11-12,16-17,19,24H,7,10,13-15H2,1-4H3,(H,26,29);2*1-2H3. The van der Waals surface area contributed by atoms with E-state index in [1.165, 1.54) is 22.5 Å². The maximum absolute atomic E-state index is 12.2. The van der Waals surface area contributed by atoms with Gasteiger partial charge in [-0.05, 0) is 60.8 Å². The molecule has 0 aliphatic carbocycles. The van der Waals surface area contributed by atoms with Crippen LogP contribution in [0.5, 0.6) is 0 Å². The fourth-order valence-electron chi connectivity index (χ4n) is 4.89. The van der Waals surface area contributed by atoms with E-state index >= 15 is 0 Å². The number of pyridine rings is 1. The number of carbonyl (C=O) groups is 1. The molecule has 1 aromatic carbocycles. The van der Waals surface area contributed by atoms with E-state index in [-0.39, 0.29) is 17.7 Å². The van der Waals surface area contributed by atoms with Crippen LogP contribution < -0.4 is 10.2 Å². The van der Waals surface area contributed by atoms with E-state index in [1.54, 1.807) is 0 Å². The molecule has 1 aromatic heterocycles. The fraction of sp³-hybridized carbons (Fsp3) is 0.586. The van der Waals surface area contributed by atoms with Crippen LogP contribution in [0.1, 0.15) is 76.9 Å². The number of rotatable bonds is 6. The number of aromatic nitrogens is 1. The van der Waals surface area contributed by atoms with Crippen molar-refractivity contribution in [1.82, 2.24) is 10.3 Å². The molecule has 33 heavy (non-hydrogen) atoms. The van der Waals surface area contributed by atoms with Gasteiger partial charge in [-0.1, -0.05) is 72.7 Å². The smallest absolute Gasteiger partial charge is 0.224 e. The molecule has 3 heterocycles. The van der Waals surface area contributed by atoms with Crippen molar-refractivity contribution in [3.8, 4) is 0 Å². The Morgan fingerprint density at radius 1 is 1.03 bits per heavy atom. The Hall–Kier alpha value is -2.36. The second-order valence-corrected chi connectivity index (χ2v) is 9.25. The van der Waals surface area contributed by atoms with Crippen molar-refractivity contribution in [2.75, 3.05) is 24.5 Å². The first-order valence-corrected chi connectivity index (χ1v) is 13.0. The molecule has 0 radical (unpaired) electrons. The topological polar surface area (TPSA) is 45.2 Å². The number of hydrogen-bond donors (Lipinski definition) is 1. The number of anilines is 1. The SMILES string of the molecule is CC.CC.Cc1cc(N2CC(C)C2)cc(CCc2ccc(C(C)C3C(=O)NCC3C)cc2)n1. The molecule has 0 spiro atoms. The Balaban J connectivity index is 0.000000914. The molecule has 4 nitrogen and oxygen atoms in total. The quantitative estimate of drug-likeness (QED) is 0.571. The summed E-state index contributed by atoms with van der Waals surface area (Å²) in [6, 6.07) is 13.3.